The topological polar surface area (TPSA) is 84.4 Å². The van der Waals surface area contributed by atoms with Crippen molar-refractivity contribution in [3.05, 3.63) is 41.6 Å². The van der Waals surface area contributed by atoms with Crippen molar-refractivity contribution in [3.63, 3.8) is 0 Å². The molecular weight excluding hydrogens is 337 g/mol. The minimum absolute atomic E-state index is 0. The average Bonchev–Trinajstić information content (AvgIpc) is 2.88. The number of hydrogen-bond donors (Lipinski definition) is 2. The fourth-order valence-electron chi connectivity index (χ4n) is 2.27. The summed E-state index contributed by atoms with van der Waals surface area (Å²) in [7, 11) is 0. The molecule has 3 N–H and O–H groups in total. The molecule has 0 aliphatic carbocycles. The number of nitrogens with zero attached hydrogens (tertiary/aromatic N) is 3. The first-order valence-electron chi connectivity index (χ1n) is 6.32. The summed E-state index contributed by atoms with van der Waals surface area (Å²) in [5.74, 6) is -0.731. The number of carbonyl (C=O) groups is 1. The van der Waals surface area contributed by atoms with Crippen LogP contribution in [0.15, 0.2) is 30.5 Å². The first-order valence-corrected chi connectivity index (χ1v) is 6.32. The molecule has 0 spiro atoms. The summed E-state index contributed by atoms with van der Waals surface area (Å²) in [6, 6.07) is 3.67. The Labute approximate surface area is 134 Å². The molecule has 10 heteroatoms. The summed E-state index contributed by atoms with van der Waals surface area (Å²) in [6.07, 6.45) is -2.87. The van der Waals surface area contributed by atoms with Gasteiger partial charge in [0.1, 0.15) is 0 Å². The summed E-state index contributed by atoms with van der Waals surface area (Å²) in [5, 5.41) is 14.0. The lowest BCUT2D eigenvalue weighted by atomic mass is 10.1. The smallest absolute Gasteiger partial charge is 0.320 e. The number of aromatic nitrogens is 2. The molecule has 2 aromatic rings. The molecule has 6 nitrogen and oxygen atoms in total. The highest BCUT2D eigenvalue weighted by molar-refractivity contribution is 5.97. The number of carbonyl (C=O) groups excluding carboxylic acids is 1. The highest BCUT2D eigenvalue weighted by Gasteiger charge is 2.33. The summed E-state index contributed by atoms with van der Waals surface area (Å²) in [5.41, 5.74) is 5.41. The van der Waals surface area contributed by atoms with Gasteiger partial charge in [-0.3, -0.25) is 10.0 Å². The van der Waals surface area contributed by atoms with E-state index in [1.165, 1.54) is 23.0 Å². The molecule has 0 radical (unpaired) electrons. The zero-order valence-electron chi connectivity index (χ0n) is 11.5. The zero-order chi connectivity index (χ0) is 16.1. The van der Waals surface area contributed by atoms with Crippen LogP contribution in [0.25, 0.3) is 5.69 Å². The van der Waals surface area contributed by atoms with Gasteiger partial charge in [-0.25, -0.2) is 4.68 Å². The molecule has 1 aromatic heterocycles. The van der Waals surface area contributed by atoms with Crippen molar-refractivity contribution in [2.24, 2.45) is 5.73 Å². The molecule has 1 aliphatic rings. The Morgan fingerprint density at radius 1 is 1.35 bits per heavy atom. The van der Waals surface area contributed by atoms with Gasteiger partial charge in [-0.05, 0) is 18.2 Å². The van der Waals surface area contributed by atoms with E-state index in [0.717, 1.165) is 12.1 Å². The van der Waals surface area contributed by atoms with Crippen LogP contribution in [-0.4, -0.2) is 26.9 Å². The summed E-state index contributed by atoms with van der Waals surface area (Å²) in [6.45, 7) is 0. The van der Waals surface area contributed by atoms with E-state index in [1.807, 2.05) is 0 Å². The predicted octanol–water partition coefficient (Wildman–Crippen LogP) is 1.92. The Balaban J connectivity index is 0.00000192. The van der Waals surface area contributed by atoms with Crippen LogP contribution in [0.4, 0.5) is 19.0 Å². The van der Waals surface area contributed by atoms with Crippen LogP contribution in [0.5, 0.6) is 0 Å². The maximum absolute atomic E-state index is 12.7. The van der Waals surface area contributed by atoms with E-state index in [0.29, 0.717) is 10.6 Å². The van der Waals surface area contributed by atoms with Crippen LogP contribution < -0.4 is 10.8 Å². The predicted molar refractivity (Wildman–Crippen MR) is 76.8 cm³/mol. The van der Waals surface area contributed by atoms with Crippen molar-refractivity contribution < 1.29 is 23.2 Å². The van der Waals surface area contributed by atoms with Gasteiger partial charge in [0, 0.05) is 18.2 Å². The maximum atomic E-state index is 12.7. The van der Waals surface area contributed by atoms with Crippen LogP contribution in [0.3, 0.4) is 0 Å². The number of rotatable bonds is 1. The third kappa shape index (κ3) is 3.03. The number of amides is 1. The van der Waals surface area contributed by atoms with Gasteiger partial charge in [-0.2, -0.15) is 18.2 Å². The molecule has 23 heavy (non-hydrogen) atoms. The van der Waals surface area contributed by atoms with Crippen LogP contribution in [0, 0.1) is 0 Å². The molecule has 1 atom stereocenters. The summed E-state index contributed by atoms with van der Waals surface area (Å²) >= 11 is 0. The van der Waals surface area contributed by atoms with E-state index in [-0.39, 0.29) is 30.3 Å². The number of benzene rings is 1. The SMILES string of the molecule is Cl.N[C@H]1Cc2cn(-c3cccc(C(F)(F)F)c3)nc2N(O)C1=O. The Hall–Kier alpha value is -2.10. The van der Waals surface area contributed by atoms with Crippen LogP contribution in [-0.2, 0) is 17.4 Å². The van der Waals surface area contributed by atoms with Gasteiger partial charge in [0.05, 0.1) is 17.3 Å². The number of nitrogens with two attached hydrogens (primary N) is 1. The van der Waals surface area contributed by atoms with E-state index in [4.69, 9.17) is 5.73 Å². The van der Waals surface area contributed by atoms with Crippen molar-refractivity contribution >= 4 is 24.1 Å². The maximum Gasteiger partial charge on any atom is 0.416 e. The largest absolute Gasteiger partial charge is 0.416 e. The molecule has 0 bridgehead atoms. The van der Waals surface area contributed by atoms with Gasteiger partial charge in [-0.1, -0.05) is 6.07 Å². The standard InChI is InChI=1S/C13H11F3N4O2.ClH/c14-13(15,16)8-2-1-3-9(5-8)19-6-7-4-10(17)12(21)20(22)11(7)18-19;/h1-3,5-6,10,22H,4,17H2;1H/t10-;/m0./s1. The van der Waals surface area contributed by atoms with E-state index < -0.39 is 23.7 Å². The van der Waals surface area contributed by atoms with Crippen LogP contribution >= 0.6 is 12.4 Å². The third-order valence-electron chi connectivity index (χ3n) is 3.37. The van der Waals surface area contributed by atoms with E-state index in [9.17, 15) is 23.2 Å². The Morgan fingerprint density at radius 3 is 2.70 bits per heavy atom. The molecular formula is C13H12ClF3N4O2. The lowest BCUT2D eigenvalue weighted by molar-refractivity contribution is -0.137. The van der Waals surface area contributed by atoms with Crippen molar-refractivity contribution in [1.29, 1.82) is 0 Å². The number of halogens is 4. The fourth-order valence-corrected chi connectivity index (χ4v) is 2.27. The monoisotopic (exact) mass is 348 g/mol. The number of anilines is 1. The quantitative estimate of drug-likeness (QED) is 0.771. The molecule has 0 saturated heterocycles. The summed E-state index contributed by atoms with van der Waals surface area (Å²) in [4.78, 5) is 11.6. The number of fused-ring (bicyclic) bond motifs is 1. The van der Waals surface area contributed by atoms with Gasteiger partial charge >= 0.3 is 6.18 Å². The molecule has 1 aliphatic heterocycles. The normalized spacial score (nSPS) is 17.7. The van der Waals surface area contributed by atoms with E-state index in [1.54, 1.807) is 0 Å². The fraction of sp³-hybridized carbons (Fsp3) is 0.231. The molecule has 124 valence electrons. The van der Waals surface area contributed by atoms with Gasteiger partial charge < -0.3 is 5.73 Å². The highest BCUT2D eigenvalue weighted by atomic mass is 35.5. The molecule has 2 heterocycles. The van der Waals surface area contributed by atoms with Gasteiger partial charge in [0.2, 0.25) is 0 Å². The van der Waals surface area contributed by atoms with Crippen molar-refractivity contribution in [1.82, 2.24) is 9.78 Å². The molecule has 0 saturated carbocycles. The number of alkyl halides is 3. The van der Waals surface area contributed by atoms with Gasteiger partial charge in [0.15, 0.2) is 5.82 Å². The first kappa shape index (κ1) is 17.3. The summed E-state index contributed by atoms with van der Waals surface area (Å²) < 4.78 is 39.4. The molecule has 3 rings (SSSR count). The van der Waals surface area contributed by atoms with Crippen LogP contribution in [0.1, 0.15) is 11.1 Å². The Bertz CT molecular complexity index is 747. The zero-order valence-corrected chi connectivity index (χ0v) is 12.3. The molecule has 0 unspecified atom stereocenters. The molecule has 0 fully saturated rings. The average molecular weight is 349 g/mol. The van der Waals surface area contributed by atoms with Crippen molar-refractivity contribution in [2.75, 3.05) is 5.06 Å². The number of hydroxylamine groups is 1. The second-order valence-corrected chi connectivity index (χ2v) is 4.93. The lowest BCUT2D eigenvalue weighted by Gasteiger charge is -2.22. The lowest BCUT2D eigenvalue weighted by Crippen LogP contribution is -2.47. The molecule has 1 aromatic carbocycles. The highest BCUT2D eigenvalue weighted by Crippen LogP contribution is 2.31. The van der Waals surface area contributed by atoms with Crippen molar-refractivity contribution in [2.45, 2.75) is 18.6 Å². The van der Waals surface area contributed by atoms with Crippen LogP contribution in [0.2, 0.25) is 0 Å². The minimum Gasteiger partial charge on any atom is -0.320 e. The second-order valence-electron chi connectivity index (χ2n) is 4.93. The second kappa shape index (κ2) is 5.84. The van der Waals surface area contributed by atoms with Gasteiger partial charge in [0.25, 0.3) is 5.91 Å². The minimum atomic E-state index is -4.47. The van der Waals surface area contributed by atoms with Crippen molar-refractivity contribution in [3.8, 4) is 5.69 Å². The van der Waals surface area contributed by atoms with E-state index in [2.05, 4.69) is 5.10 Å². The van der Waals surface area contributed by atoms with E-state index >= 15 is 0 Å². The first-order chi connectivity index (χ1) is 10.3. The Morgan fingerprint density at radius 2 is 2.04 bits per heavy atom. The number of hydrogen-bond acceptors (Lipinski definition) is 4. The van der Waals surface area contributed by atoms with Gasteiger partial charge in [-0.15, -0.1) is 17.5 Å². The Kier molecular flexibility index (Phi) is 4.38. The molecule has 1 amide bonds. The third-order valence-corrected chi connectivity index (χ3v) is 3.37.